The maximum Gasteiger partial charge on any atom is 0.264 e. The average Bonchev–Trinajstić information content (AvgIpc) is 2.81. The molecule has 1 amide bonds. The molecule has 7 nitrogen and oxygen atoms in total. The van der Waals surface area contributed by atoms with Crippen LogP contribution in [-0.4, -0.2) is 45.2 Å². The Balaban J connectivity index is 1.31. The van der Waals surface area contributed by atoms with Crippen LogP contribution >= 0.6 is 23.2 Å². The Kier molecular flexibility index (Phi) is 5.70. The molecule has 2 aromatic carbocycles. The van der Waals surface area contributed by atoms with E-state index in [-0.39, 0.29) is 17.8 Å². The minimum Gasteiger partial charge on any atom is -0.486 e. The molecule has 5 rings (SSSR count). The van der Waals surface area contributed by atoms with Crippen molar-refractivity contribution in [2.75, 3.05) is 13.1 Å². The minimum atomic E-state index is -0.662. The summed E-state index contributed by atoms with van der Waals surface area (Å²) in [6, 6.07) is 10.3. The van der Waals surface area contributed by atoms with Crippen molar-refractivity contribution >= 4 is 34.9 Å². The van der Waals surface area contributed by atoms with Crippen molar-refractivity contribution in [3.05, 3.63) is 79.7 Å². The van der Waals surface area contributed by atoms with Crippen molar-refractivity contribution in [2.24, 2.45) is 0 Å². The number of nitrogens with one attached hydrogen (secondary N) is 1. The van der Waals surface area contributed by atoms with Crippen molar-refractivity contribution in [3.63, 3.8) is 0 Å². The molecule has 3 heterocycles. The summed E-state index contributed by atoms with van der Waals surface area (Å²) >= 11 is 12.1. The zero-order valence-electron chi connectivity index (χ0n) is 18.4. The van der Waals surface area contributed by atoms with Gasteiger partial charge in [-0.25, -0.2) is 4.98 Å². The molecule has 0 aliphatic carbocycles. The number of amides is 1. The molecule has 1 spiro atoms. The third-order valence-electron chi connectivity index (χ3n) is 6.48. The van der Waals surface area contributed by atoms with Crippen molar-refractivity contribution in [3.8, 4) is 17.1 Å². The largest absolute Gasteiger partial charge is 0.486 e. The lowest BCUT2D eigenvalue weighted by Crippen LogP contribution is -2.52. The van der Waals surface area contributed by atoms with Gasteiger partial charge in [0, 0.05) is 47.7 Å². The number of halogens is 2. The van der Waals surface area contributed by atoms with Gasteiger partial charge in [0.2, 0.25) is 0 Å². The highest BCUT2D eigenvalue weighted by molar-refractivity contribution is 6.32. The summed E-state index contributed by atoms with van der Waals surface area (Å²) < 4.78 is 6.29. The second kappa shape index (κ2) is 8.56. The molecule has 174 valence electrons. The lowest BCUT2D eigenvalue weighted by atomic mass is 9.82. The molecular formula is C25H21Cl2N3O4. The fourth-order valence-corrected chi connectivity index (χ4v) is 4.77. The molecule has 2 aliphatic rings. The molecule has 1 saturated heterocycles. The summed E-state index contributed by atoms with van der Waals surface area (Å²) in [6.07, 6.45) is 2.51. The van der Waals surface area contributed by atoms with E-state index < -0.39 is 17.1 Å². The SMILES string of the molecule is Cc1cc2c(cc1Cl)C(=O)CC1(CCN(C(=O)c3cnc(-c4ccc(Cl)cc4)[nH]c3=O)CC1)O2. The van der Waals surface area contributed by atoms with Gasteiger partial charge in [-0.1, -0.05) is 23.2 Å². The van der Waals surface area contributed by atoms with Gasteiger partial charge in [0.1, 0.15) is 22.7 Å². The Morgan fingerprint density at radius 1 is 1.12 bits per heavy atom. The van der Waals surface area contributed by atoms with Crippen LogP contribution in [0.25, 0.3) is 11.4 Å². The Labute approximate surface area is 205 Å². The van der Waals surface area contributed by atoms with Gasteiger partial charge in [0.25, 0.3) is 11.5 Å². The smallest absolute Gasteiger partial charge is 0.264 e. The first-order chi connectivity index (χ1) is 16.2. The maximum atomic E-state index is 13.1. The number of Topliss-reactive ketones (excluding diaryl/α,β-unsaturated/α-hetero) is 1. The highest BCUT2D eigenvalue weighted by Crippen LogP contribution is 2.41. The van der Waals surface area contributed by atoms with E-state index in [1.807, 2.05) is 6.92 Å². The average molecular weight is 498 g/mol. The van der Waals surface area contributed by atoms with Crippen molar-refractivity contribution < 1.29 is 14.3 Å². The molecule has 1 N–H and O–H groups in total. The highest BCUT2D eigenvalue weighted by Gasteiger charge is 2.44. The third kappa shape index (κ3) is 4.10. The Bertz CT molecular complexity index is 1360. The number of aromatic amines is 1. The predicted octanol–water partition coefficient (Wildman–Crippen LogP) is 4.69. The van der Waals surface area contributed by atoms with E-state index in [9.17, 15) is 14.4 Å². The Hall–Kier alpha value is -3.16. The first kappa shape index (κ1) is 22.6. The van der Waals surface area contributed by atoms with Crippen LogP contribution in [0.15, 0.2) is 47.4 Å². The van der Waals surface area contributed by atoms with Crippen LogP contribution < -0.4 is 10.3 Å². The summed E-state index contributed by atoms with van der Waals surface area (Å²) in [5.74, 6) is 0.494. The van der Waals surface area contributed by atoms with Gasteiger partial charge in [-0.2, -0.15) is 0 Å². The monoisotopic (exact) mass is 497 g/mol. The van der Waals surface area contributed by atoms with E-state index in [4.69, 9.17) is 27.9 Å². The second-order valence-electron chi connectivity index (χ2n) is 8.76. The summed E-state index contributed by atoms with van der Waals surface area (Å²) in [5, 5.41) is 1.11. The number of ether oxygens (including phenoxy) is 1. The molecule has 0 unspecified atom stereocenters. The molecular weight excluding hydrogens is 477 g/mol. The van der Waals surface area contributed by atoms with Crippen LogP contribution in [0.5, 0.6) is 5.75 Å². The van der Waals surface area contributed by atoms with Gasteiger partial charge in [0.15, 0.2) is 5.78 Å². The molecule has 3 aromatic rings. The predicted molar refractivity (Wildman–Crippen MR) is 129 cm³/mol. The molecule has 0 radical (unpaired) electrons. The number of rotatable bonds is 2. The lowest BCUT2D eigenvalue weighted by Gasteiger charge is -2.44. The van der Waals surface area contributed by atoms with Crippen LogP contribution in [0.1, 0.15) is 45.5 Å². The topological polar surface area (TPSA) is 92.4 Å². The number of likely N-dealkylation sites (tertiary alicyclic amines) is 1. The van der Waals surface area contributed by atoms with Gasteiger partial charge < -0.3 is 14.6 Å². The number of aromatic nitrogens is 2. The first-order valence-corrected chi connectivity index (χ1v) is 11.7. The van der Waals surface area contributed by atoms with E-state index in [1.165, 1.54) is 6.20 Å². The number of ketones is 1. The lowest BCUT2D eigenvalue weighted by molar-refractivity contribution is -0.00577. The van der Waals surface area contributed by atoms with Gasteiger partial charge in [-0.05, 0) is 48.9 Å². The van der Waals surface area contributed by atoms with Gasteiger partial charge in [0.05, 0.1) is 12.0 Å². The molecule has 34 heavy (non-hydrogen) atoms. The van der Waals surface area contributed by atoms with Gasteiger partial charge in [-0.3, -0.25) is 14.4 Å². The Morgan fingerprint density at radius 2 is 1.82 bits per heavy atom. The second-order valence-corrected chi connectivity index (χ2v) is 9.60. The minimum absolute atomic E-state index is 0.0126. The van der Waals surface area contributed by atoms with E-state index in [0.29, 0.717) is 58.7 Å². The number of piperidine rings is 1. The number of fused-ring (bicyclic) bond motifs is 1. The van der Waals surface area contributed by atoms with E-state index in [0.717, 1.165) is 5.56 Å². The van der Waals surface area contributed by atoms with Crippen molar-refractivity contribution in [1.29, 1.82) is 0 Å². The fraction of sp³-hybridized carbons (Fsp3) is 0.280. The van der Waals surface area contributed by atoms with Crippen LogP contribution in [0, 0.1) is 6.92 Å². The number of carbonyl (C=O) groups is 2. The summed E-state index contributed by atoms with van der Waals surface area (Å²) in [5.41, 5.74) is 0.839. The molecule has 9 heteroatoms. The van der Waals surface area contributed by atoms with Crippen molar-refractivity contribution in [2.45, 2.75) is 31.8 Å². The molecule has 0 saturated carbocycles. The fourth-order valence-electron chi connectivity index (χ4n) is 4.48. The zero-order chi connectivity index (χ0) is 24.0. The normalized spacial score (nSPS) is 16.8. The molecule has 0 atom stereocenters. The van der Waals surface area contributed by atoms with Crippen molar-refractivity contribution in [1.82, 2.24) is 14.9 Å². The quantitative estimate of drug-likeness (QED) is 0.554. The number of hydrogen-bond donors (Lipinski definition) is 1. The zero-order valence-corrected chi connectivity index (χ0v) is 19.9. The van der Waals surface area contributed by atoms with Crippen LogP contribution in [0.3, 0.4) is 0 Å². The summed E-state index contributed by atoms with van der Waals surface area (Å²) in [6.45, 7) is 2.60. The first-order valence-electron chi connectivity index (χ1n) is 10.9. The molecule has 0 bridgehead atoms. The molecule has 2 aliphatic heterocycles. The highest BCUT2D eigenvalue weighted by atomic mass is 35.5. The summed E-state index contributed by atoms with van der Waals surface area (Å²) in [7, 11) is 0. The van der Waals surface area contributed by atoms with Crippen LogP contribution in [0.2, 0.25) is 10.0 Å². The summed E-state index contributed by atoms with van der Waals surface area (Å²) in [4.78, 5) is 47.0. The van der Waals surface area contributed by atoms with Gasteiger partial charge >= 0.3 is 0 Å². The van der Waals surface area contributed by atoms with Gasteiger partial charge in [-0.15, -0.1) is 0 Å². The van der Waals surface area contributed by atoms with Crippen LogP contribution in [-0.2, 0) is 0 Å². The maximum absolute atomic E-state index is 13.1. The van der Waals surface area contributed by atoms with E-state index in [2.05, 4.69) is 9.97 Å². The third-order valence-corrected chi connectivity index (χ3v) is 7.14. The number of benzene rings is 2. The molecule has 1 fully saturated rings. The standard InChI is InChI=1S/C25H21Cl2N3O4/c1-14-10-21-17(11-19(14)27)20(31)12-25(34-21)6-8-30(9-7-25)24(33)18-13-28-22(29-23(18)32)15-2-4-16(26)5-3-15/h2-5,10-11,13H,6-9,12H2,1H3,(H,28,29,32). The van der Waals surface area contributed by atoms with E-state index >= 15 is 0 Å². The van der Waals surface area contributed by atoms with Crippen LogP contribution in [0.4, 0.5) is 0 Å². The Morgan fingerprint density at radius 3 is 2.50 bits per heavy atom. The number of aryl methyl sites for hydroxylation is 1. The number of H-pyrrole nitrogens is 1. The number of nitrogens with zero attached hydrogens (tertiary/aromatic N) is 2. The van der Waals surface area contributed by atoms with E-state index in [1.54, 1.807) is 41.3 Å². The molecule has 1 aromatic heterocycles. The number of carbonyl (C=O) groups excluding carboxylic acids is 2. The number of hydrogen-bond acceptors (Lipinski definition) is 5.